The van der Waals surface area contributed by atoms with E-state index in [0.29, 0.717) is 5.75 Å². The molecule has 5 nitrogen and oxygen atoms in total. The van der Waals surface area contributed by atoms with Gasteiger partial charge in [-0.05, 0) is 19.4 Å². The first-order valence-electron chi connectivity index (χ1n) is 6.11. The molecule has 0 aliphatic rings. The molecule has 2 aromatic heterocycles. The molecule has 0 aliphatic heterocycles. The number of aryl methyl sites for hydroxylation is 1. The van der Waals surface area contributed by atoms with Crippen molar-refractivity contribution in [1.29, 1.82) is 0 Å². The van der Waals surface area contributed by atoms with Crippen LogP contribution in [0.5, 0.6) is 5.75 Å². The lowest BCUT2D eigenvalue weighted by Crippen LogP contribution is -2.05. The van der Waals surface area contributed by atoms with Crippen LogP contribution in [-0.4, -0.2) is 23.6 Å². The van der Waals surface area contributed by atoms with Crippen molar-refractivity contribution in [1.82, 2.24) is 9.97 Å². The Morgan fingerprint density at radius 2 is 2.26 bits per heavy atom. The van der Waals surface area contributed by atoms with Crippen molar-refractivity contribution in [2.45, 2.75) is 30.2 Å². The second-order valence-electron chi connectivity index (χ2n) is 3.93. The number of methoxy groups -OCH3 is 1. The van der Waals surface area contributed by atoms with Gasteiger partial charge in [0.25, 0.3) is 0 Å². The van der Waals surface area contributed by atoms with E-state index in [0.717, 1.165) is 34.5 Å². The second-order valence-corrected chi connectivity index (χ2v) is 4.96. The molecule has 0 saturated carbocycles. The molecule has 19 heavy (non-hydrogen) atoms. The molecule has 0 unspecified atom stereocenters. The summed E-state index contributed by atoms with van der Waals surface area (Å²) in [5, 5.41) is 4.01. The van der Waals surface area contributed by atoms with Gasteiger partial charge in [0.15, 0.2) is 11.6 Å². The first-order chi connectivity index (χ1) is 9.26. The minimum atomic E-state index is 0.668. The maximum Gasteiger partial charge on any atom is 0.194 e. The van der Waals surface area contributed by atoms with E-state index < -0.39 is 0 Å². The van der Waals surface area contributed by atoms with Crippen molar-refractivity contribution in [2.24, 2.45) is 0 Å². The van der Waals surface area contributed by atoms with E-state index >= 15 is 0 Å². The highest BCUT2D eigenvalue weighted by Crippen LogP contribution is 2.38. The lowest BCUT2D eigenvalue weighted by atomic mass is 10.4. The van der Waals surface area contributed by atoms with E-state index in [1.165, 1.54) is 18.1 Å². The normalized spacial score (nSPS) is 10.5. The third-order valence-electron chi connectivity index (χ3n) is 2.54. The molecular formula is C13H17N3O2S. The van der Waals surface area contributed by atoms with Crippen molar-refractivity contribution in [3.63, 3.8) is 0 Å². The molecule has 0 fully saturated rings. The monoisotopic (exact) mass is 279 g/mol. The lowest BCUT2D eigenvalue weighted by molar-refractivity contribution is 0.400. The van der Waals surface area contributed by atoms with E-state index in [2.05, 4.69) is 22.2 Å². The number of nitrogens with one attached hydrogen (secondary N) is 1. The molecule has 0 spiro atoms. The summed E-state index contributed by atoms with van der Waals surface area (Å²) in [4.78, 5) is 9.52. The summed E-state index contributed by atoms with van der Waals surface area (Å²) in [7, 11) is 1.63. The topological polar surface area (TPSA) is 60.2 Å². The third-order valence-corrected chi connectivity index (χ3v) is 3.66. The number of nitrogens with zero attached hydrogens (tertiary/aromatic N) is 2. The molecule has 2 rings (SSSR count). The maximum absolute atomic E-state index is 5.42. The van der Waals surface area contributed by atoms with Crippen LogP contribution in [0.3, 0.4) is 0 Å². The molecule has 0 aliphatic carbocycles. The summed E-state index contributed by atoms with van der Waals surface area (Å²) in [6.45, 7) is 4.87. The van der Waals surface area contributed by atoms with E-state index in [1.807, 2.05) is 13.0 Å². The SMILES string of the molecule is CCCNc1ncnc(Sc2ccoc2C)c1OC. The molecule has 6 heteroatoms. The number of anilines is 1. The number of hydrogen-bond donors (Lipinski definition) is 1. The fraction of sp³-hybridized carbons (Fsp3) is 0.385. The summed E-state index contributed by atoms with van der Waals surface area (Å²) in [5.74, 6) is 2.26. The molecule has 2 aromatic rings. The molecule has 1 N–H and O–H groups in total. The molecule has 102 valence electrons. The average molecular weight is 279 g/mol. The van der Waals surface area contributed by atoms with Crippen molar-refractivity contribution in [3.8, 4) is 5.75 Å². The first-order valence-corrected chi connectivity index (χ1v) is 6.92. The summed E-state index contributed by atoms with van der Waals surface area (Å²) in [6, 6.07) is 1.92. The van der Waals surface area contributed by atoms with Crippen LogP contribution >= 0.6 is 11.8 Å². The number of furan rings is 1. The van der Waals surface area contributed by atoms with Crippen molar-refractivity contribution >= 4 is 17.6 Å². The minimum Gasteiger partial charge on any atom is -0.490 e. The molecule has 0 radical (unpaired) electrons. The van der Waals surface area contributed by atoms with E-state index in [-0.39, 0.29) is 0 Å². The highest BCUT2D eigenvalue weighted by molar-refractivity contribution is 7.99. The zero-order chi connectivity index (χ0) is 13.7. The van der Waals surface area contributed by atoms with Crippen LogP contribution < -0.4 is 10.1 Å². The summed E-state index contributed by atoms with van der Waals surface area (Å²) in [5.41, 5.74) is 0. The molecular weight excluding hydrogens is 262 g/mol. The van der Waals surface area contributed by atoms with Crippen molar-refractivity contribution in [2.75, 3.05) is 19.0 Å². The highest BCUT2D eigenvalue weighted by Gasteiger charge is 2.14. The van der Waals surface area contributed by atoms with Gasteiger partial charge in [0.2, 0.25) is 0 Å². The number of ether oxygens (including phenoxy) is 1. The Kier molecular flexibility index (Phi) is 4.68. The number of aromatic nitrogens is 2. The predicted molar refractivity (Wildman–Crippen MR) is 74.9 cm³/mol. The zero-order valence-electron chi connectivity index (χ0n) is 11.3. The summed E-state index contributed by atoms with van der Waals surface area (Å²) >= 11 is 1.51. The van der Waals surface area contributed by atoms with Gasteiger partial charge in [0, 0.05) is 6.54 Å². The van der Waals surface area contributed by atoms with E-state index in [1.54, 1.807) is 13.4 Å². The van der Waals surface area contributed by atoms with Crippen LogP contribution in [0.25, 0.3) is 0 Å². The maximum atomic E-state index is 5.42. The predicted octanol–water partition coefficient (Wildman–Crippen LogP) is 3.36. The quantitative estimate of drug-likeness (QED) is 0.818. The van der Waals surface area contributed by atoms with Crippen LogP contribution in [0, 0.1) is 6.92 Å². The van der Waals surface area contributed by atoms with E-state index in [4.69, 9.17) is 9.15 Å². The smallest absolute Gasteiger partial charge is 0.194 e. The molecule has 0 aromatic carbocycles. The molecule has 0 amide bonds. The van der Waals surface area contributed by atoms with Crippen molar-refractivity contribution < 1.29 is 9.15 Å². The third kappa shape index (κ3) is 3.20. The zero-order valence-corrected chi connectivity index (χ0v) is 12.1. The molecule has 2 heterocycles. The lowest BCUT2D eigenvalue weighted by Gasteiger charge is -2.11. The van der Waals surface area contributed by atoms with Gasteiger partial charge in [0.05, 0.1) is 18.3 Å². The van der Waals surface area contributed by atoms with Gasteiger partial charge >= 0.3 is 0 Å². The molecule has 0 atom stereocenters. The van der Waals surface area contributed by atoms with Crippen molar-refractivity contribution in [3.05, 3.63) is 24.4 Å². The Balaban J connectivity index is 2.27. The van der Waals surface area contributed by atoms with Crippen LogP contribution in [0.4, 0.5) is 5.82 Å². The molecule has 0 bridgehead atoms. The minimum absolute atomic E-state index is 0.668. The standard InChI is InChI=1S/C13H17N3O2S/c1-4-6-14-12-11(17-3)13(16-8-15-12)19-10-5-7-18-9(10)2/h5,7-8H,4,6H2,1-3H3,(H,14,15,16). The van der Waals surface area contributed by atoms with Gasteiger partial charge in [-0.1, -0.05) is 18.7 Å². The Morgan fingerprint density at radius 1 is 1.42 bits per heavy atom. The van der Waals surface area contributed by atoms with E-state index in [9.17, 15) is 0 Å². The van der Waals surface area contributed by atoms with Crippen LogP contribution in [-0.2, 0) is 0 Å². The van der Waals surface area contributed by atoms with Gasteiger partial charge < -0.3 is 14.5 Å². The Morgan fingerprint density at radius 3 is 2.89 bits per heavy atom. The fourth-order valence-electron chi connectivity index (χ4n) is 1.57. The Bertz CT molecular complexity index is 542. The van der Waals surface area contributed by atoms with Gasteiger partial charge in [-0.25, -0.2) is 9.97 Å². The number of rotatable bonds is 6. The first kappa shape index (κ1) is 13.7. The van der Waals surface area contributed by atoms with Crippen LogP contribution in [0.15, 0.2) is 33.0 Å². The largest absolute Gasteiger partial charge is 0.490 e. The fourth-order valence-corrected chi connectivity index (χ4v) is 2.46. The van der Waals surface area contributed by atoms with Gasteiger partial charge in [-0.15, -0.1) is 0 Å². The van der Waals surface area contributed by atoms with Crippen LogP contribution in [0.2, 0.25) is 0 Å². The second kappa shape index (κ2) is 6.47. The Hall–Kier alpha value is -1.69. The van der Waals surface area contributed by atoms with Gasteiger partial charge in [-0.2, -0.15) is 0 Å². The number of hydrogen-bond acceptors (Lipinski definition) is 6. The van der Waals surface area contributed by atoms with Gasteiger partial charge in [-0.3, -0.25) is 0 Å². The summed E-state index contributed by atoms with van der Waals surface area (Å²) < 4.78 is 10.7. The molecule has 0 saturated heterocycles. The van der Waals surface area contributed by atoms with Crippen LogP contribution in [0.1, 0.15) is 19.1 Å². The Labute approximate surface area is 116 Å². The highest BCUT2D eigenvalue weighted by atomic mass is 32.2. The summed E-state index contributed by atoms with van der Waals surface area (Å²) in [6.07, 6.45) is 4.23. The average Bonchev–Trinajstić information content (AvgIpc) is 2.82. The van der Waals surface area contributed by atoms with Gasteiger partial charge in [0.1, 0.15) is 17.1 Å².